The number of piperidine rings is 1. The molecule has 1 aromatic rings. The smallest absolute Gasteiger partial charge is 0.302 e. The summed E-state index contributed by atoms with van der Waals surface area (Å²) < 4.78 is 5.40. The van der Waals surface area contributed by atoms with E-state index in [4.69, 9.17) is 4.74 Å². The van der Waals surface area contributed by atoms with Gasteiger partial charge in [-0.25, -0.2) is 0 Å². The highest BCUT2D eigenvalue weighted by Crippen LogP contribution is 2.29. The number of nitrogens with zero attached hydrogens (tertiary/aromatic N) is 1. The van der Waals surface area contributed by atoms with Gasteiger partial charge >= 0.3 is 5.97 Å². The first-order valence-electron chi connectivity index (χ1n) is 12.6. The lowest BCUT2D eigenvalue weighted by Crippen LogP contribution is -2.49. The number of esters is 1. The van der Waals surface area contributed by atoms with Gasteiger partial charge in [-0.05, 0) is 55.2 Å². The lowest BCUT2D eigenvalue weighted by Gasteiger charge is -2.35. The number of likely N-dealkylation sites (tertiary alicyclic amines) is 1. The zero-order valence-corrected chi connectivity index (χ0v) is 20.1. The van der Waals surface area contributed by atoms with Gasteiger partial charge < -0.3 is 15.0 Å². The average molecular weight is 461 g/mol. The highest BCUT2D eigenvalue weighted by atomic mass is 16.5. The second-order valence-electron chi connectivity index (χ2n) is 9.38. The number of benzene rings is 1. The van der Waals surface area contributed by atoms with E-state index >= 15 is 0 Å². The summed E-state index contributed by atoms with van der Waals surface area (Å²) in [5.74, 6) is -0.481. The number of allylic oxidation sites excluding steroid dienone is 5. The van der Waals surface area contributed by atoms with E-state index in [0.29, 0.717) is 0 Å². The molecule has 4 rings (SSSR count). The third-order valence-electron chi connectivity index (χ3n) is 6.80. The largest absolute Gasteiger partial charge is 0.462 e. The maximum atomic E-state index is 13.8. The zero-order chi connectivity index (χ0) is 23.8. The van der Waals surface area contributed by atoms with Gasteiger partial charge in [-0.3, -0.25) is 9.59 Å². The lowest BCUT2D eigenvalue weighted by molar-refractivity contribution is -0.148. The first-order valence-corrected chi connectivity index (χ1v) is 12.6. The van der Waals surface area contributed by atoms with Crippen LogP contribution in [0.25, 0.3) is 0 Å². The van der Waals surface area contributed by atoms with Crippen molar-refractivity contribution in [1.82, 2.24) is 10.2 Å². The molecule has 2 aliphatic carbocycles. The van der Waals surface area contributed by atoms with Crippen molar-refractivity contribution in [2.75, 3.05) is 19.6 Å². The summed E-state index contributed by atoms with van der Waals surface area (Å²) >= 11 is 0. The van der Waals surface area contributed by atoms with Gasteiger partial charge in [-0.2, -0.15) is 0 Å². The highest BCUT2D eigenvalue weighted by Gasteiger charge is 2.29. The van der Waals surface area contributed by atoms with Crippen LogP contribution in [-0.4, -0.2) is 48.6 Å². The molecule has 0 spiro atoms. The molecule has 1 aromatic carbocycles. The van der Waals surface area contributed by atoms with Crippen LogP contribution in [0.2, 0.25) is 0 Å². The molecule has 1 aliphatic heterocycles. The Hall–Kier alpha value is -2.92. The molecule has 5 nitrogen and oxygen atoms in total. The molecule has 3 aliphatic rings. The minimum Gasteiger partial charge on any atom is -0.462 e. The minimum atomic E-state index is -0.317. The predicted molar refractivity (Wildman–Crippen MR) is 135 cm³/mol. The Labute approximate surface area is 203 Å². The third kappa shape index (κ3) is 6.57. The summed E-state index contributed by atoms with van der Waals surface area (Å²) in [6, 6.07) is 10.0. The topological polar surface area (TPSA) is 58.6 Å². The summed E-state index contributed by atoms with van der Waals surface area (Å²) in [4.78, 5) is 27.5. The number of amides is 1. The van der Waals surface area contributed by atoms with E-state index in [2.05, 4.69) is 46.7 Å². The molecule has 0 saturated carbocycles. The first kappa shape index (κ1) is 24.2. The number of carbonyl (C=O) groups is 2. The summed E-state index contributed by atoms with van der Waals surface area (Å²) in [5, 5.41) is 3.41. The van der Waals surface area contributed by atoms with Gasteiger partial charge in [-0.15, -0.1) is 0 Å². The highest BCUT2D eigenvalue weighted by molar-refractivity contribution is 5.88. The van der Waals surface area contributed by atoms with Crippen LogP contribution in [0.15, 0.2) is 77.9 Å². The number of nitrogens with one attached hydrogen (secondary N) is 1. The van der Waals surface area contributed by atoms with Gasteiger partial charge in [-0.1, -0.05) is 66.8 Å². The van der Waals surface area contributed by atoms with Crippen LogP contribution in [0.5, 0.6) is 0 Å². The van der Waals surface area contributed by atoms with Crippen LogP contribution >= 0.6 is 0 Å². The fourth-order valence-electron chi connectivity index (χ4n) is 5.07. The number of hydrogen-bond acceptors (Lipinski definition) is 4. The molecular weight excluding hydrogens is 424 g/mol. The Morgan fingerprint density at radius 2 is 1.62 bits per heavy atom. The molecule has 1 N–H and O–H groups in total. The molecule has 1 amide bonds. The zero-order valence-electron chi connectivity index (χ0n) is 20.1. The molecule has 180 valence electrons. The number of rotatable bonds is 8. The van der Waals surface area contributed by atoms with Gasteiger partial charge in [0.15, 0.2) is 0 Å². The number of hydrogen-bond donors (Lipinski definition) is 1. The van der Waals surface area contributed by atoms with E-state index < -0.39 is 0 Å². The lowest BCUT2D eigenvalue weighted by atomic mass is 9.86. The van der Waals surface area contributed by atoms with Crippen LogP contribution < -0.4 is 5.32 Å². The van der Waals surface area contributed by atoms with Crippen molar-refractivity contribution < 1.29 is 14.3 Å². The molecule has 2 atom stereocenters. The Bertz CT molecular complexity index is 968. The van der Waals surface area contributed by atoms with Gasteiger partial charge in [0, 0.05) is 26.6 Å². The van der Waals surface area contributed by atoms with Crippen molar-refractivity contribution in [3.63, 3.8) is 0 Å². The Kier molecular flexibility index (Phi) is 8.53. The van der Waals surface area contributed by atoms with Gasteiger partial charge in [0.2, 0.25) is 5.91 Å². The van der Waals surface area contributed by atoms with Gasteiger partial charge in [0.25, 0.3) is 0 Å². The van der Waals surface area contributed by atoms with E-state index in [-0.39, 0.29) is 29.9 Å². The first-order chi connectivity index (χ1) is 16.6. The van der Waals surface area contributed by atoms with E-state index in [1.807, 2.05) is 30.3 Å². The summed E-state index contributed by atoms with van der Waals surface area (Å²) in [6.07, 6.45) is 18.8. The summed E-state index contributed by atoms with van der Waals surface area (Å²) in [7, 11) is 0. The molecule has 0 bridgehead atoms. The predicted octanol–water partition coefficient (Wildman–Crippen LogP) is 4.84. The average Bonchev–Trinajstić information content (AvgIpc) is 2.86. The Morgan fingerprint density at radius 3 is 2.21 bits per heavy atom. The fraction of sp³-hybridized carbons (Fsp3) is 0.448. The SMILES string of the molecule is CC(=O)OC1CCN(CC(NC(=O)C(C2=CCCC=C2)c2ccccc2)C2=CCCC=C2)CC1. The monoisotopic (exact) mass is 460 g/mol. The molecule has 1 heterocycles. The maximum Gasteiger partial charge on any atom is 0.302 e. The van der Waals surface area contributed by atoms with Crippen molar-refractivity contribution in [2.24, 2.45) is 0 Å². The quantitative estimate of drug-likeness (QED) is 0.564. The molecule has 1 fully saturated rings. The standard InChI is InChI=1S/C29H36N2O3/c1-22(32)34-26-17-19-31(20-18-26)21-27(23-11-5-2-6-12-23)30-29(33)28(24-13-7-3-8-14-24)25-15-9-4-10-16-25/h3,5,7-9,11-16,26-28H,2,4,6,10,17-21H2,1H3,(H,30,33). The fourth-order valence-corrected chi connectivity index (χ4v) is 5.07. The van der Waals surface area contributed by atoms with Crippen molar-refractivity contribution >= 4 is 11.9 Å². The van der Waals surface area contributed by atoms with Gasteiger partial charge in [0.1, 0.15) is 6.10 Å². The second kappa shape index (κ2) is 12.0. The van der Waals surface area contributed by atoms with Crippen LogP contribution in [0, 0.1) is 0 Å². The Balaban J connectivity index is 1.50. The van der Waals surface area contributed by atoms with E-state index in [1.54, 1.807) is 0 Å². The summed E-state index contributed by atoms with van der Waals surface area (Å²) in [5.41, 5.74) is 3.28. The Morgan fingerprint density at radius 1 is 0.971 bits per heavy atom. The van der Waals surface area contributed by atoms with E-state index in [1.165, 1.54) is 12.5 Å². The molecule has 5 heteroatoms. The number of ether oxygens (including phenoxy) is 1. The molecular formula is C29H36N2O3. The van der Waals surface area contributed by atoms with Gasteiger partial charge in [0.05, 0.1) is 12.0 Å². The van der Waals surface area contributed by atoms with Crippen LogP contribution in [0.3, 0.4) is 0 Å². The van der Waals surface area contributed by atoms with Crippen molar-refractivity contribution in [2.45, 2.75) is 63.5 Å². The van der Waals surface area contributed by atoms with Crippen LogP contribution in [0.1, 0.15) is 56.9 Å². The molecule has 2 unspecified atom stereocenters. The van der Waals surface area contributed by atoms with E-state index in [0.717, 1.165) is 69.3 Å². The van der Waals surface area contributed by atoms with Crippen molar-refractivity contribution in [1.29, 1.82) is 0 Å². The van der Waals surface area contributed by atoms with Crippen molar-refractivity contribution in [3.8, 4) is 0 Å². The second-order valence-corrected chi connectivity index (χ2v) is 9.38. The van der Waals surface area contributed by atoms with Crippen molar-refractivity contribution in [3.05, 3.63) is 83.5 Å². The maximum absolute atomic E-state index is 13.8. The molecule has 1 saturated heterocycles. The van der Waals surface area contributed by atoms with E-state index in [9.17, 15) is 9.59 Å². The molecule has 0 aromatic heterocycles. The van der Waals surface area contributed by atoms with Crippen LogP contribution in [0.4, 0.5) is 0 Å². The number of carbonyl (C=O) groups excluding carboxylic acids is 2. The normalized spacial score (nSPS) is 20.7. The molecule has 34 heavy (non-hydrogen) atoms. The molecule has 0 radical (unpaired) electrons. The minimum absolute atomic E-state index is 0.00284. The van der Waals surface area contributed by atoms with Crippen LogP contribution in [-0.2, 0) is 14.3 Å². The third-order valence-corrected chi connectivity index (χ3v) is 6.80. The summed E-state index contributed by atoms with van der Waals surface area (Å²) in [6.45, 7) is 3.94.